The molecule has 1 aromatic carbocycles. The predicted octanol–water partition coefficient (Wildman–Crippen LogP) is 6.26. The lowest BCUT2D eigenvalue weighted by Crippen LogP contribution is -2.04. The number of rotatable bonds is 9. The summed E-state index contributed by atoms with van der Waals surface area (Å²) in [6, 6.07) is 13.5. The van der Waals surface area contributed by atoms with Gasteiger partial charge in [0.1, 0.15) is 34.3 Å². The highest BCUT2D eigenvalue weighted by Gasteiger charge is 2.21. The van der Waals surface area contributed by atoms with Gasteiger partial charge in [-0.25, -0.2) is 14.8 Å². The standard InChI is InChI=1S/C24H19N5O2S3/c1-27-21-20(15-5-7-17(8-6-15)31-10-9-30-2)18(12-25)23(29-22(21)26)33-13-16-14-34-24(28-16)19-4-3-11-32-19/h3-8,11,14H,9-10,13H2,2H3,(H2,26,29). The molecule has 2 N–H and O–H groups in total. The Bertz CT molecular complexity index is 1350. The molecule has 0 bridgehead atoms. The van der Waals surface area contributed by atoms with Crippen molar-refractivity contribution < 1.29 is 9.47 Å². The molecule has 0 saturated carbocycles. The van der Waals surface area contributed by atoms with E-state index in [2.05, 4.69) is 15.9 Å². The van der Waals surface area contributed by atoms with Gasteiger partial charge in [-0.2, -0.15) is 5.26 Å². The SMILES string of the molecule is [C-]#[N+]c1c(N)nc(SCc2csc(-c3cccs3)n2)c(C#N)c1-c1ccc(OCCOC)cc1. The number of nitriles is 1. The summed E-state index contributed by atoms with van der Waals surface area (Å²) in [4.78, 5) is 13.8. The Balaban J connectivity index is 1.62. The maximum atomic E-state index is 10.00. The van der Waals surface area contributed by atoms with Crippen molar-refractivity contribution in [3.8, 4) is 32.8 Å². The average Bonchev–Trinajstić information content (AvgIpc) is 3.55. The second-order valence-corrected chi connectivity index (χ2v) is 9.67. The lowest BCUT2D eigenvalue weighted by atomic mass is 10.00. The molecule has 0 aliphatic rings. The molecule has 170 valence electrons. The Kier molecular flexibility index (Phi) is 7.78. The van der Waals surface area contributed by atoms with Crippen LogP contribution in [0.5, 0.6) is 5.75 Å². The fourth-order valence-corrected chi connectivity index (χ4v) is 5.79. The van der Waals surface area contributed by atoms with E-state index in [0.29, 0.717) is 46.4 Å². The van der Waals surface area contributed by atoms with E-state index in [0.717, 1.165) is 15.6 Å². The summed E-state index contributed by atoms with van der Waals surface area (Å²) in [5, 5.41) is 15.5. The minimum absolute atomic E-state index is 0.101. The van der Waals surface area contributed by atoms with Gasteiger partial charge < -0.3 is 15.2 Å². The molecule has 0 saturated heterocycles. The van der Waals surface area contributed by atoms with Gasteiger partial charge in [-0.05, 0) is 29.1 Å². The van der Waals surface area contributed by atoms with Gasteiger partial charge in [0.25, 0.3) is 0 Å². The first kappa shape index (κ1) is 23.7. The summed E-state index contributed by atoms with van der Waals surface area (Å²) >= 11 is 4.62. The minimum atomic E-state index is 0.101. The maximum Gasteiger partial charge on any atom is 0.236 e. The fraction of sp³-hybridized carbons (Fsp3) is 0.167. The Labute approximate surface area is 209 Å². The van der Waals surface area contributed by atoms with E-state index in [4.69, 9.17) is 26.8 Å². The molecule has 0 unspecified atom stereocenters. The van der Waals surface area contributed by atoms with Crippen molar-refractivity contribution in [1.29, 1.82) is 5.26 Å². The van der Waals surface area contributed by atoms with Crippen LogP contribution in [0.3, 0.4) is 0 Å². The Morgan fingerprint density at radius 2 is 2.00 bits per heavy atom. The minimum Gasteiger partial charge on any atom is -0.491 e. The molecular formula is C24H19N5O2S3. The molecule has 34 heavy (non-hydrogen) atoms. The third-order valence-corrected chi connectivity index (χ3v) is 7.67. The molecule has 3 aromatic heterocycles. The van der Waals surface area contributed by atoms with Gasteiger partial charge in [-0.3, -0.25) is 0 Å². The maximum absolute atomic E-state index is 10.00. The van der Waals surface area contributed by atoms with Crippen molar-refractivity contribution in [2.45, 2.75) is 10.8 Å². The number of anilines is 1. The zero-order valence-electron chi connectivity index (χ0n) is 18.1. The number of nitrogens with two attached hydrogens (primary N) is 1. The number of pyridine rings is 1. The lowest BCUT2D eigenvalue weighted by molar-refractivity contribution is 0.146. The predicted molar refractivity (Wildman–Crippen MR) is 137 cm³/mol. The van der Waals surface area contributed by atoms with Crippen LogP contribution in [0.1, 0.15) is 11.3 Å². The number of hydrogen-bond acceptors (Lipinski definition) is 9. The number of nitrogen functional groups attached to an aromatic ring is 1. The average molecular weight is 506 g/mol. The summed E-state index contributed by atoms with van der Waals surface area (Å²) in [7, 11) is 1.61. The van der Waals surface area contributed by atoms with Crippen LogP contribution in [0, 0.1) is 17.9 Å². The lowest BCUT2D eigenvalue weighted by Gasteiger charge is -2.13. The third-order valence-electron chi connectivity index (χ3n) is 4.73. The monoisotopic (exact) mass is 505 g/mol. The van der Waals surface area contributed by atoms with Gasteiger partial charge in [0.05, 0.1) is 29.3 Å². The van der Waals surface area contributed by atoms with Crippen LogP contribution in [0.2, 0.25) is 0 Å². The first-order chi connectivity index (χ1) is 16.6. The third kappa shape index (κ3) is 5.22. The van der Waals surface area contributed by atoms with E-state index >= 15 is 0 Å². The number of hydrogen-bond donors (Lipinski definition) is 1. The van der Waals surface area contributed by atoms with E-state index in [9.17, 15) is 5.26 Å². The summed E-state index contributed by atoms with van der Waals surface area (Å²) in [5.74, 6) is 1.31. The van der Waals surface area contributed by atoms with Gasteiger partial charge in [0, 0.05) is 23.8 Å². The largest absolute Gasteiger partial charge is 0.491 e. The molecule has 0 aliphatic carbocycles. The van der Waals surface area contributed by atoms with E-state index in [-0.39, 0.29) is 11.5 Å². The van der Waals surface area contributed by atoms with E-state index < -0.39 is 0 Å². The summed E-state index contributed by atoms with van der Waals surface area (Å²) in [6.07, 6.45) is 0. The topological polar surface area (TPSA) is 98.4 Å². The quantitative estimate of drug-likeness (QED) is 0.163. The van der Waals surface area contributed by atoms with E-state index in [1.54, 1.807) is 41.9 Å². The van der Waals surface area contributed by atoms with Crippen molar-refractivity contribution in [3.05, 3.63) is 69.8 Å². The second kappa shape index (κ2) is 11.1. The molecule has 0 atom stereocenters. The van der Waals surface area contributed by atoms with Gasteiger partial charge >= 0.3 is 0 Å². The zero-order valence-corrected chi connectivity index (χ0v) is 20.6. The Morgan fingerprint density at radius 1 is 1.18 bits per heavy atom. The number of thiophene rings is 1. The molecule has 0 radical (unpaired) electrons. The van der Waals surface area contributed by atoms with Gasteiger partial charge in [-0.1, -0.05) is 30.0 Å². The summed E-state index contributed by atoms with van der Waals surface area (Å²) in [5.41, 5.74) is 8.72. The number of methoxy groups -OCH3 is 1. The highest BCUT2D eigenvalue weighted by Crippen LogP contribution is 2.42. The van der Waals surface area contributed by atoms with Crippen molar-refractivity contribution in [3.63, 3.8) is 0 Å². The van der Waals surface area contributed by atoms with Gasteiger partial charge in [0.2, 0.25) is 5.69 Å². The van der Waals surface area contributed by atoms with Crippen LogP contribution in [-0.4, -0.2) is 30.3 Å². The second-order valence-electron chi connectivity index (χ2n) is 6.90. The van der Waals surface area contributed by atoms with E-state index in [1.807, 2.05) is 35.0 Å². The molecule has 7 nitrogen and oxygen atoms in total. The number of aromatic nitrogens is 2. The van der Waals surface area contributed by atoms with Crippen molar-refractivity contribution in [2.24, 2.45) is 0 Å². The van der Waals surface area contributed by atoms with Gasteiger partial charge in [-0.15, -0.1) is 22.7 Å². The first-order valence-electron chi connectivity index (χ1n) is 10.1. The highest BCUT2D eigenvalue weighted by atomic mass is 32.2. The van der Waals surface area contributed by atoms with Gasteiger partial charge in [0.15, 0.2) is 0 Å². The zero-order chi connectivity index (χ0) is 23.9. The molecule has 4 rings (SSSR count). The van der Waals surface area contributed by atoms with Crippen LogP contribution >= 0.6 is 34.4 Å². The number of ether oxygens (including phenoxy) is 2. The Hall–Kier alpha value is -3.41. The van der Waals surface area contributed by atoms with E-state index in [1.165, 1.54) is 11.8 Å². The molecule has 3 heterocycles. The molecular weight excluding hydrogens is 486 g/mol. The molecule has 0 fully saturated rings. The normalized spacial score (nSPS) is 10.6. The van der Waals surface area contributed by atoms with Crippen molar-refractivity contribution in [1.82, 2.24) is 9.97 Å². The number of nitrogens with zero attached hydrogens (tertiary/aromatic N) is 4. The number of thioether (sulfide) groups is 1. The highest BCUT2D eigenvalue weighted by molar-refractivity contribution is 7.98. The summed E-state index contributed by atoms with van der Waals surface area (Å²) < 4.78 is 10.6. The molecule has 0 spiro atoms. The van der Waals surface area contributed by atoms with Crippen LogP contribution < -0.4 is 10.5 Å². The number of benzene rings is 1. The van der Waals surface area contributed by atoms with Crippen molar-refractivity contribution >= 4 is 45.9 Å². The van der Waals surface area contributed by atoms with Crippen molar-refractivity contribution in [2.75, 3.05) is 26.1 Å². The summed E-state index contributed by atoms with van der Waals surface area (Å²) in [6.45, 7) is 8.54. The Morgan fingerprint density at radius 3 is 2.68 bits per heavy atom. The van der Waals surface area contributed by atoms with Crippen LogP contribution in [0.25, 0.3) is 25.9 Å². The molecule has 0 aliphatic heterocycles. The van der Waals surface area contributed by atoms with Crippen LogP contribution in [0.15, 0.2) is 52.2 Å². The number of thiazole rings is 1. The molecule has 4 aromatic rings. The molecule has 0 amide bonds. The first-order valence-corrected chi connectivity index (χ1v) is 12.8. The van der Waals surface area contributed by atoms with Crippen LogP contribution in [-0.2, 0) is 10.5 Å². The van der Waals surface area contributed by atoms with Crippen LogP contribution in [0.4, 0.5) is 11.5 Å². The smallest absolute Gasteiger partial charge is 0.236 e. The fourth-order valence-electron chi connectivity index (χ4n) is 3.16. The molecule has 10 heteroatoms.